The van der Waals surface area contributed by atoms with Crippen LogP contribution in [-0.4, -0.2) is 17.7 Å². The maximum absolute atomic E-state index is 9.76. The highest BCUT2D eigenvalue weighted by Gasteiger charge is 1.96. The highest BCUT2D eigenvalue weighted by molar-refractivity contribution is 5.76. The number of hydrogen-bond acceptors (Lipinski definition) is 4. The first-order chi connectivity index (χ1) is 5.86. The lowest BCUT2D eigenvalue weighted by Crippen LogP contribution is -1.99. The molecule has 12 heavy (non-hydrogen) atoms. The average Bonchev–Trinajstić information content (AvgIpc) is 2.53. The largest absolute Gasteiger partial charge is 0.458 e. The molecule has 0 aromatic carbocycles. The zero-order chi connectivity index (χ0) is 8.81. The standard InChI is InChI=1S/C7H8N2O3/c10-4-7-2-1-6(12-7)3-8-9-5-11/h1-3,5,10H,4H2,(H,9,11)/b8-3+. The normalized spacial score (nSPS) is 10.4. The van der Waals surface area contributed by atoms with E-state index >= 15 is 0 Å². The maximum atomic E-state index is 9.76. The summed E-state index contributed by atoms with van der Waals surface area (Å²) >= 11 is 0. The summed E-state index contributed by atoms with van der Waals surface area (Å²) in [5.41, 5.74) is 2.09. The molecule has 1 rings (SSSR count). The van der Waals surface area contributed by atoms with Crippen LogP contribution in [0.3, 0.4) is 0 Å². The third-order valence-corrected chi connectivity index (χ3v) is 1.16. The van der Waals surface area contributed by atoms with Crippen molar-refractivity contribution in [3.05, 3.63) is 23.7 Å². The van der Waals surface area contributed by atoms with Gasteiger partial charge in [0.25, 0.3) is 0 Å². The number of carbonyl (C=O) groups excluding carboxylic acids is 1. The van der Waals surface area contributed by atoms with Crippen LogP contribution in [0.15, 0.2) is 21.7 Å². The number of amides is 1. The Kier molecular flexibility index (Phi) is 3.04. The fraction of sp³-hybridized carbons (Fsp3) is 0.143. The fourth-order valence-electron chi connectivity index (χ4n) is 0.680. The Morgan fingerprint density at radius 1 is 1.67 bits per heavy atom. The zero-order valence-electron chi connectivity index (χ0n) is 6.23. The van der Waals surface area contributed by atoms with E-state index in [0.717, 1.165) is 0 Å². The molecule has 2 N–H and O–H groups in total. The van der Waals surface area contributed by atoms with Gasteiger partial charge in [-0.05, 0) is 12.1 Å². The lowest BCUT2D eigenvalue weighted by molar-refractivity contribution is -0.109. The van der Waals surface area contributed by atoms with Crippen LogP contribution in [0.2, 0.25) is 0 Å². The van der Waals surface area contributed by atoms with Crippen molar-refractivity contribution < 1.29 is 14.3 Å². The molecule has 0 fully saturated rings. The highest BCUT2D eigenvalue weighted by Crippen LogP contribution is 2.04. The van der Waals surface area contributed by atoms with Crippen LogP contribution < -0.4 is 5.43 Å². The van der Waals surface area contributed by atoms with Crippen molar-refractivity contribution in [3.63, 3.8) is 0 Å². The van der Waals surface area contributed by atoms with E-state index in [1.807, 2.05) is 0 Å². The average molecular weight is 168 g/mol. The minimum Gasteiger partial charge on any atom is -0.458 e. The van der Waals surface area contributed by atoms with Gasteiger partial charge in [-0.1, -0.05) is 0 Å². The number of furan rings is 1. The maximum Gasteiger partial charge on any atom is 0.227 e. The van der Waals surface area contributed by atoms with E-state index < -0.39 is 0 Å². The predicted octanol–water partition coefficient (Wildman–Crippen LogP) is -0.148. The first kappa shape index (κ1) is 8.48. The Hall–Kier alpha value is -1.62. The summed E-state index contributed by atoms with van der Waals surface area (Å²) in [6.07, 6.45) is 1.79. The molecule has 5 nitrogen and oxygen atoms in total. The summed E-state index contributed by atoms with van der Waals surface area (Å²) in [7, 11) is 0. The number of carbonyl (C=O) groups is 1. The van der Waals surface area contributed by atoms with Gasteiger partial charge in [0.05, 0.1) is 6.21 Å². The van der Waals surface area contributed by atoms with Crippen LogP contribution in [0.4, 0.5) is 0 Å². The van der Waals surface area contributed by atoms with Crippen LogP contribution in [-0.2, 0) is 11.4 Å². The number of hydrogen-bond donors (Lipinski definition) is 2. The Morgan fingerprint density at radius 2 is 2.50 bits per heavy atom. The highest BCUT2D eigenvalue weighted by atomic mass is 16.4. The first-order valence-corrected chi connectivity index (χ1v) is 3.28. The van der Waals surface area contributed by atoms with Crippen molar-refractivity contribution in [3.8, 4) is 0 Å². The Balaban J connectivity index is 2.57. The Morgan fingerprint density at radius 3 is 3.08 bits per heavy atom. The monoisotopic (exact) mass is 168 g/mol. The van der Waals surface area contributed by atoms with E-state index in [1.54, 1.807) is 12.1 Å². The quantitative estimate of drug-likeness (QED) is 0.373. The number of nitrogens with one attached hydrogen (secondary N) is 1. The van der Waals surface area contributed by atoms with E-state index in [4.69, 9.17) is 9.52 Å². The van der Waals surface area contributed by atoms with Crippen LogP contribution in [0.5, 0.6) is 0 Å². The number of aliphatic hydroxyl groups is 1. The molecule has 0 unspecified atom stereocenters. The zero-order valence-corrected chi connectivity index (χ0v) is 6.23. The second-order valence-corrected chi connectivity index (χ2v) is 1.97. The van der Waals surface area contributed by atoms with Crippen LogP contribution in [0.25, 0.3) is 0 Å². The van der Waals surface area contributed by atoms with Crippen molar-refractivity contribution in [2.24, 2.45) is 5.10 Å². The van der Waals surface area contributed by atoms with Gasteiger partial charge >= 0.3 is 0 Å². The summed E-state index contributed by atoms with van der Waals surface area (Å²) in [6.45, 7) is -0.144. The van der Waals surface area contributed by atoms with E-state index in [0.29, 0.717) is 17.9 Å². The molecule has 0 radical (unpaired) electrons. The number of rotatable bonds is 4. The minimum atomic E-state index is -0.144. The minimum absolute atomic E-state index is 0.144. The molecular weight excluding hydrogens is 160 g/mol. The SMILES string of the molecule is O=CN/N=C/c1ccc(CO)o1. The van der Waals surface area contributed by atoms with Gasteiger partial charge in [-0.25, -0.2) is 5.43 Å². The van der Waals surface area contributed by atoms with Crippen LogP contribution in [0.1, 0.15) is 11.5 Å². The lowest BCUT2D eigenvalue weighted by Gasteiger charge is -1.86. The topological polar surface area (TPSA) is 74.8 Å². The van der Waals surface area contributed by atoms with E-state index in [1.165, 1.54) is 6.21 Å². The smallest absolute Gasteiger partial charge is 0.227 e. The molecule has 0 atom stereocenters. The molecule has 0 aliphatic carbocycles. The molecule has 1 amide bonds. The summed E-state index contributed by atoms with van der Waals surface area (Å²) < 4.78 is 5.02. The van der Waals surface area contributed by atoms with Crippen molar-refractivity contribution >= 4 is 12.6 Å². The summed E-state index contributed by atoms with van der Waals surface area (Å²) in [5, 5.41) is 12.1. The third-order valence-electron chi connectivity index (χ3n) is 1.16. The van der Waals surface area contributed by atoms with E-state index in [-0.39, 0.29) is 6.61 Å². The number of nitrogens with zero attached hydrogens (tertiary/aromatic N) is 1. The third kappa shape index (κ3) is 2.21. The van der Waals surface area contributed by atoms with Gasteiger partial charge in [0.2, 0.25) is 6.41 Å². The molecule has 0 aliphatic heterocycles. The molecular formula is C7H8N2O3. The van der Waals surface area contributed by atoms with Gasteiger partial charge in [-0.15, -0.1) is 0 Å². The van der Waals surface area contributed by atoms with Gasteiger partial charge in [0.1, 0.15) is 18.1 Å². The second-order valence-electron chi connectivity index (χ2n) is 1.97. The number of hydrazone groups is 1. The Bertz CT molecular complexity index is 280. The first-order valence-electron chi connectivity index (χ1n) is 3.28. The molecule has 0 spiro atoms. The molecule has 0 saturated heterocycles. The van der Waals surface area contributed by atoms with Gasteiger partial charge < -0.3 is 9.52 Å². The fourth-order valence-corrected chi connectivity index (χ4v) is 0.680. The summed E-state index contributed by atoms with van der Waals surface area (Å²) in [5.74, 6) is 0.941. The van der Waals surface area contributed by atoms with Crippen LogP contribution in [0, 0.1) is 0 Å². The second kappa shape index (κ2) is 4.30. The molecule has 1 aromatic heterocycles. The predicted molar refractivity (Wildman–Crippen MR) is 41.4 cm³/mol. The van der Waals surface area contributed by atoms with Crippen molar-refractivity contribution in [1.82, 2.24) is 5.43 Å². The number of aliphatic hydroxyl groups excluding tert-OH is 1. The van der Waals surface area contributed by atoms with Crippen LogP contribution >= 0.6 is 0 Å². The van der Waals surface area contributed by atoms with Crippen molar-refractivity contribution in [2.45, 2.75) is 6.61 Å². The van der Waals surface area contributed by atoms with E-state index in [2.05, 4.69) is 10.5 Å². The van der Waals surface area contributed by atoms with Gasteiger partial charge in [0.15, 0.2) is 0 Å². The van der Waals surface area contributed by atoms with Gasteiger partial charge in [0, 0.05) is 0 Å². The molecule has 0 aliphatic rings. The Labute approximate surface area is 68.7 Å². The van der Waals surface area contributed by atoms with Crippen molar-refractivity contribution in [1.29, 1.82) is 0 Å². The molecule has 64 valence electrons. The van der Waals surface area contributed by atoms with Gasteiger partial charge in [-0.2, -0.15) is 5.10 Å². The molecule has 5 heteroatoms. The summed E-state index contributed by atoms with van der Waals surface area (Å²) in [6, 6.07) is 3.27. The molecule has 1 heterocycles. The molecule has 1 aromatic rings. The molecule has 0 bridgehead atoms. The van der Waals surface area contributed by atoms with Crippen molar-refractivity contribution in [2.75, 3.05) is 0 Å². The van der Waals surface area contributed by atoms with Gasteiger partial charge in [-0.3, -0.25) is 4.79 Å². The summed E-state index contributed by atoms with van der Waals surface area (Å²) in [4.78, 5) is 9.76. The molecule has 0 saturated carbocycles. The van der Waals surface area contributed by atoms with E-state index in [9.17, 15) is 4.79 Å². The lowest BCUT2D eigenvalue weighted by atomic mass is 10.4.